The summed E-state index contributed by atoms with van der Waals surface area (Å²) in [5.74, 6) is -1.61. The van der Waals surface area contributed by atoms with E-state index in [0.29, 0.717) is 42.3 Å². The Kier molecular flexibility index (Phi) is 6.47. The summed E-state index contributed by atoms with van der Waals surface area (Å²) in [6, 6.07) is 27.0. The minimum atomic E-state index is -1.20. The number of anilines is 1. The zero-order valence-electron chi connectivity index (χ0n) is 19.5. The number of hydrogen-bond donors (Lipinski definition) is 3. The fourth-order valence-electron chi connectivity index (χ4n) is 4.51. The predicted octanol–water partition coefficient (Wildman–Crippen LogP) is 4.48. The van der Waals surface area contributed by atoms with E-state index in [2.05, 4.69) is 5.32 Å². The van der Waals surface area contributed by atoms with Crippen molar-refractivity contribution in [1.82, 2.24) is 10.3 Å². The molecule has 0 aliphatic carbocycles. The second kappa shape index (κ2) is 10.0. The van der Waals surface area contributed by atoms with Crippen molar-refractivity contribution in [2.45, 2.75) is 6.04 Å². The van der Waals surface area contributed by atoms with Crippen molar-refractivity contribution in [3.05, 3.63) is 102 Å². The van der Waals surface area contributed by atoms with E-state index in [1.165, 1.54) is 12.1 Å². The van der Waals surface area contributed by atoms with Crippen molar-refractivity contribution in [1.29, 1.82) is 0 Å². The Morgan fingerprint density at radius 1 is 0.861 bits per heavy atom. The van der Waals surface area contributed by atoms with E-state index in [0.717, 1.165) is 11.1 Å². The van der Waals surface area contributed by atoms with Gasteiger partial charge in [-0.1, -0.05) is 60.7 Å². The summed E-state index contributed by atoms with van der Waals surface area (Å²) in [6.07, 6.45) is 0. The van der Waals surface area contributed by atoms with Crippen LogP contribution in [0.15, 0.2) is 91.0 Å². The highest BCUT2D eigenvalue weighted by Gasteiger charge is 2.31. The molecule has 7 nitrogen and oxygen atoms in total. The maximum Gasteiger partial charge on any atom is 0.339 e. The average molecular weight is 480 g/mol. The van der Waals surface area contributed by atoms with Crippen molar-refractivity contribution in [2.75, 3.05) is 24.5 Å². The first-order chi connectivity index (χ1) is 17.5. The van der Waals surface area contributed by atoms with Crippen LogP contribution in [-0.4, -0.2) is 52.6 Å². The summed E-state index contributed by atoms with van der Waals surface area (Å²) in [4.78, 5) is 32.0. The third-order valence-corrected chi connectivity index (χ3v) is 6.34. The lowest BCUT2D eigenvalue weighted by atomic mass is 9.97. The summed E-state index contributed by atoms with van der Waals surface area (Å²) in [5, 5.41) is 22.8. The molecule has 180 valence electrons. The van der Waals surface area contributed by atoms with Gasteiger partial charge in [0.15, 0.2) is 5.78 Å². The molecule has 0 spiro atoms. The molecule has 1 aromatic heterocycles. The van der Waals surface area contributed by atoms with Crippen LogP contribution in [0.1, 0.15) is 20.7 Å². The van der Waals surface area contributed by atoms with E-state index >= 15 is 0 Å². The first kappa shape index (κ1) is 23.3. The van der Waals surface area contributed by atoms with Crippen molar-refractivity contribution < 1.29 is 19.8 Å². The number of rotatable bonds is 6. The quantitative estimate of drug-likeness (QED) is 0.350. The Morgan fingerprint density at radius 3 is 2.03 bits per heavy atom. The molecule has 1 aliphatic rings. The minimum absolute atomic E-state index is 0.0826. The molecule has 3 N–H and O–H groups in total. The third kappa shape index (κ3) is 4.69. The first-order valence-corrected chi connectivity index (χ1v) is 11.7. The number of ketones is 1. The lowest BCUT2D eigenvalue weighted by molar-refractivity contribution is 0.0693. The lowest BCUT2D eigenvalue weighted by Gasteiger charge is -2.37. The van der Waals surface area contributed by atoms with Crippen LogP contribution < -0.4 is 10.2 Å². The van der Waals surface area contributed by atoms with E-state index in [9.17, 15) is 19.8 Å². The van der Waals surface area contributed by atoms with Gasteiger partial charge in [0.1, 0.15) is 17.4 Å². The van der Waals surface area contributed by atoms with Gasteiger partial charge in [0, 0.05) is 48.1 Å². The number of carboxylic acid groups (broad SMARTS) is 1. The van der Waals surface area contributed by atoms with E-state index in [4.69, 9.17) is 4.98 Å². The zero-order valence-corrected chi connectivity index (χ0v) is 19.5. The number of Topliss-reactive ketones (excluding diaryl/α,β-unsaturated/α-hetero) is 1. The average Bonchev–Trinajstić information content (AvgIpc) is 2.93. The van der Waals surface area contributed by atoms with Crippen molar-refractivity contribution >= 4 is 17.4 Å². The second-order valence-electron chi connectivity index (χ2n) is 8.64. The largest absolute Gasteiger partial charge is 0.507 e. The van der Waals surface area contributed by atoms with Gasteiger partial charge in [0.2, 0.25) is 0 Å². The molecule has 2 heterocycles. The van der Waals surface area contributed by atoms with Gasteiger partial charge < -0.3 is 20.4 Å². The number of pyridine rings is 1. The van der Waals surface area contributed by atoms with Gasteiger partial charge in [-0.2, -0.15) is 0 Å². The molecule has 1 atom stereocenters. The molecule has 1 aliphatic heterocycles. The number of aromatic hydroxyl groups is 1. The first-order valence-electron chi connectivity index (χ1n) is 11.7. The van der Waals surface area contributed by atoms with Gasteiger partial charge in [0.05, 0.1) is 11.4 Å². The molecule has 0 saturated carbocycles. The Hall–Kier alpha value is -4.49. The number of phenols is 1. The highest BCUT2D eigenvalue weighted by atomic mass is 16.4. The predicted molar refractivity (Wildman–Crippen MR) is 139 cm³/mol. The van der Waals surface area contributed by atoms with Crippen LogP contribution >= 0.6 is 0 Å². The molecule has 1 fully saturated rings. The molecule has 0 radical (unpaired) electrons. The second-order valence-corrected chi connectivity index (χ2v) is 8.64. The number of carbonyl (C=O) groups excluding carboxylic acids is 1. The number of benzene rings is 3. The van der Waals surface area contributed by atoms with Crippen molar-refractivity contribution in [3.8, 4) is 28.3 Å². The van der Waals surface area contributed by atoms with Crippen molar-refractivity contribution in [3.63, 3.8) is 0 Å². The molecule has 3 aromatic carbocycles. The number of nitrogens with one attached hydrogen (secondary N) is 1. The van der Waals surface area contributed by atoms with Crippen LogP contribution in [0.3, 0.4) is 0 Å². The summed E-state index contributed by atoms with van der Waals surface area (Å²) >= 11 is 0. The minimum Gasteiger partial charge on any atom is -0.507 e. The number of carbonyl (C=O) groups is 2. The number of carboxylic acids is 1. The fraction of sp³-hybridized carbons (Fsp3) is 0.138. The van der Waals surface area contributed by atoms with Crippen LogP contribution in [0.25, 0.3) is 22.5 Å². The maximum absolute atomic E-state index is 13.9. The fourth-order valence-corrected chi connectivity index (χ4v) is 4.51. The SMILES string of the molecule is O=C(O)c1ccc(N2CCNCC2C(=O)c2cc(-c3ccccc3)nc(-c3ccccc3)c2)cc1O. The Bertz CT molecular complexity index is 1350. The molecular weight excluding hydrogens is 454 g/mol. The molecule has 7 heteroatoms. The van der Waals surface area contributed by atoms with Gasteiger partial charge in [-0.25, -0.2) is 9.78 Å². The Balaban J connectivity index is 1.55. The van der Waals surface area contributed by atoms with Crippen molar-refractivity contribution in [2.24, 2.45) is 0 Å². The number of nitrogens with zero attached hydrogens (tertiary/aromatic N) is 2. The molecule has 1 saturated heterocycles. The van der Waals surface area contributed by atoms with Gasteiger partial charge in [0.25, 0.3) is 0 Å². The summed E-state index contributed by atoms with van der Waals surface area (Å²) < 4.78 is 0. The number of aromatic carboxylic acids is 1. The lowest BCUT2D eigenvalue weighted by Crippen LogP contribution is -2.55. The molecule has 1 unspecified atom stereocenters. The van der Waals surface area contributed by atoms with Gasteiger partial charge in [-0.15, -0.1) is 0 Å². The monoisotopic (exact) mass is 479 g/mol. The maximum atomic E-state index is 13.9. The van der Waals surface area contributed by atoms with Crippen LogP contribution in [0.5, 0.6) is 5.75 Å². The number of aromatic nitrogens is 1. The zero-order chi connectivity index (χ0) is 25.1. The summed E-state index contributed by atoms with van der Waals surface area (Å²) in [6.45, 7) is 1.61. The van der Waals surface area contributed by atoms with Crippen LogP contribution in [0, 0.1) is 0 Å². The Labute approximate surface area is 208 Å². The smallest absolute Gasteiger partial charge is 0.339 e. The number of piperazine rings is 1. The van der Waals surface area contributed by atoms with E-state index in [1.54, 1.807) is 6.07 Å². The van der Waals surface area contributed by atoms with Gasteiger partial charge in [-0.3, -0.25) is 4.79 Å². The van der Waals surface area contributed by atoms with Crippen LogP contribution in [-0.2, 0) is 0 Å². The third-order valence-electron chi connectivity index (χ3n) is 6.34. The molecule has 5 rings (SSSR count). The van der Waals surface area contributed by atoms with Gasteiger partial charge in [-0.05, 0) is 24.3 Å². The molecule has 0 bridgehead atoms. The summed E-state index contributed by atoms with van der Waals surface area (Å²) in [5.41, 5.74) is 4.20. The summed E-state index contributed by atoms with van der Waals surface area (Å²) in [7, 11) is 0. The van der Waals surface area contributed by atoms with E-state index in [1.807, 2.05) is 77.7 Å². The Morgan fingerprint density at radius 2 is 1.47 bits per heavy atom. The number of hydrogen-bond acceptors (Lipinski definition) is 6. The molecule has 0 amide bonds. The highest BCUT2D eigenvalue weighted by Crippen LogP contribution is 2.30. The standard InChI is InChI=1S/C29H25N3O4/c33-27-17-22(11-12-23(27)29(35)36)32-14-13-30-18-26(32)28(34)21-15-24(19-7-3-1-4-8-19)31-25(16-21)20-9-5-2-6-10-20/h1-12,15-17,26,30,33H,13-14,18H2,(H,35,36). The normalized spacial score (nSPS) is 15.4. The van der Waals surface area contributed by atoms with E-state index in [-0.39, 0.29) is 17.1 Å². The molecule has 36 heavy (non-hydrogen) atoms. The molecule has 4 aromatic rings. The topological polar surface area (TPSA) is 103 Å². The van der Waals surface area contributed by atoms with Gasteiger partial charge >= 0.3 is 5.97 Å². The van der Waals surface area contributed by atoms with E-state index < -0.39 is 12.0 Å². The van der Waals surface area contributed by atoms with Crippen LogP contribution in [0.2, 0.25) is 0 Å². The highest BCUT2D eigenvalue weighted by molar-refractivity contribution is 6.04. The molecular formula is C29H25N3O4. The van der Waals surface area contributed by atoms with Crippen LogP contribution in [0.4, 0.5) is 5.69 Å².